The van der Waals surface area contributed by atoms with Gasteiger partial charge in [0.05, 0.1) is 6.61 Å². The first-order valence-electron chi connectivity index (χ1n) is 9.01. The first-order chi connectivity index (χ1) is 12.3. The molecule has 3 nitrogen and oxygen atoms in total. The van der Waals surface area contributed by atoms with E-state index < -0.39 is 0 Å². The molecule has 4 rings (SSSR count). The normalized spacial score (nSPS) is 13.7. The summed E-state index contributed by atoms with van der Waals surface area (Å²) in [6.45, 7) is 2.87. The summed E-state index contributed by atoms with van der Waals surface area (Å²) in [5.74, 6) is 0.925. The Morgan fingerprint density at radius 3 is 2.77 bits per heavy atom. The number of H-pyrrole nitrogens is 1. The first-order valence-corrected chi connectivity index (χ1v) is 9.81. The molecule has 138 valence electrons. The van der Waals surface area contributed by atoms with Crippen LogP contribution >= 0.6 is 28.3 Å². The third-order valence-corrected chi connectivity index (χ3v) is 5.35. The first kappa shape index (κ1) is 19.3. The highest BCUT2D eigenvalue weighted by atomic mass is 79.9. The standard InChI is InChI=1S/C21H23BrN2O.ClH/c22-16-6-2-7-17(14-16)25-13-3-5-15-4-1-8-20-21(15)18-9-11-23-12-10-19(18)24-20;/h1-2,4,6-8,14,23-24H,3,5,9-13H2;1H. The molecular formula is C21H24BrClN2O. The van der Waals surface area contributed by atoms with E-state index in [-0.39, 0.29) is 12.4 Å². The maximum absolute atomic E-state index is 5.89. The second-order valence-electron chi connectivity index (χ2n) is 6.58. The van der Waals surface area contributed by atoms with Gasteiger partial charge in [0, 0.05) is 34.0 Å². The summed E-state index contributed by atoms with van der Waals surface area (Å²) < 4.78 is 6.94. The number of ether oxygens (including phenoxy) is 1. The van der Waals surface area contributed by atoms with Gasteiger partial charge < -0.3 is 15.0 Å². The van der Waals surface area contributed by atoms with Crippen molar-refractivity contribution >= 4 is 39.2 Å². The van der Waals surface area contributed by atoms with Crippen molar-refractivity contribution in [3.63, 3.8) is 0 Å². The Morgan fingerprint density at radius 2 is 1.88 bits per heavy atom. The van der Waals surface area contributed by atoms with Crippen molar-refractivity contribution in [1.82, 2.24) is 10.3 Å². The Morgan fingerprint density at radius 1 is 1.04 bits per heavy atom. The molecule has 0 aliphatic carbocycles. The number of rotatable bonds is 5. The van der Waals surface area contributed by atoms with Crippen molar-refractivity contribution in [1.29, 1.82) is 0 Å². The lowest BCUT2D eigenvalue weighted by molar-refractivity contribution is 0.311. The average Bonchev–Trinajstić information content (AvgIpc) is 2.81. The van der Waals surface area contributed by atoms with Crippen LogP contribution in [0.5, 0.6) is 5.75 Å². The van der Waals surface area contributed by atoms with E-state index in [4.69, 9.17) is 4.74 Å². The van der Waals surface area contributed by atoms with Crippen LogP contribution in [0, 0.1) is 0 Å². The fraction of sp³-hybridized carbons (Fsp3) is 0.333. The predicted octanol–water partition coefficient (Wildman–Crippen LogP) is 5.05. The van der Waals surface area contributed by atoms with Gasteiger partial charge in [-0.15, -0.1) is 12.4 Å². The lowest BCUT2D eigenvalue weighted by Gasteiger charge is -2.09. The monoisotopic (exact) mass is 434 g/mol. The molecule has 0 fully saturated rings. The molecule has 26 heavy (non-hydrogen) atoms. The Hall–Kier alpha value is -1.49. The van der Waals surface area contributed by atoms with Crippen LogP contribution in [0.15, 0.2) is 46.9 Å². The summed E-state index contributed by atoms with van der Waals surface area (Å²) >= 11 is 3.48. The van der Waals surface area contributed by atoms with Crippen molar-refractivity contribution in [2.75, 3.05) is 19.7 Å². The molecule has 5 heteroatoms. The molecule has 0 unspecified atom stereocenters. The highest BCUT2D eigenvalue weighted by Gasteiger charge is 2.16. The zero-order valence-electron chi connectivity index (χ0n) is 14.7. The molecule has 2 heterocycles. The van der Waals surface area contributed by atoms with Crippen LogP contribution < -0.4 is 10.1 Å². The minimum absolute atomic E-state index is 0. The lowest BCUT2D eigenvalue weighted by Crippen LogP contribution is -2.16. The van der Waals surface area contributed by atoms with Crippen molar-refractivity contribution in [2.24, 2.45) is 0 Å². The second-order valence-corrected chi connectivity index (χ2v) is 7.50. The summed E-state index contributed by atoms with van der Waals surface area (Å²) in [4.78, 5) is 3.64. The van der Waals surface area contributed by atoms with E-state index in [2.05, 4.69) is 44.4 Å². The zero-order valence-corrected chi connectivity index (χ0v) is 17.1. The van der Waals surface area contributed by atoms with E-state index in [0.29, 0.717) is 0 Å². The van der Waals surface area contributed by atoms with Crippen molar-refractivity contribution < 1.29 is 4.74 Å². The van der Waals surface area contributed by atoms with Crippen molar-refractivity contribution in [3.8, 4) is 5.75 Å². The number of aryl methyl sites for hydroxylation is 1. The van der Waals surface area contributed by atoms with Gasteiger partial charge in [-0.25, -0.2) is 0 Å². The van der Waals surface area contributed by atoms with Gasteiger partial charge in [-0.1, -0.05) is 34.1 Å². The highest BCUT2D eigenvalue weighted by Crippen LogP contribution is 2.28. The Balaban J connectivity index is 0.00000196. The van der Waals surface area contributed by atoms with Gasteiger partial charge in [0.1, 0.15) is 5.75 Å². The van der Waals surface area contributed by atoms with Gasteiger partial charge >= 0.3 is 0 Å². The number of aromatic amines is 1. The Kier molecular flexibility index (Phi) is 6.63. The molecule has 0 radical (unpaired) electrons. The molecule has 0 spiro atoms. The maximum Gasteiger partial charge on any atom is 0.120 e. The second kappa shape index (κ2) is 8.94. The summed E-state index contributed by atoms with van der Waals surface area (Å²) in [7, 11) is 0. The van der Waals surface area contributed by atoms with E-state index >= 15 is 0 Å². The summed E-state index contributed by atoms with van der Waals surface area (Å²) in [6, 6.07) is 14.7. The van der Waals surface area contributed by atoms with Crippen LogP contribution in [0.3, 0.4) is 0 Å². The summed E-state index contributed by atoms with van der Waals surface area (Å²) in [5, 5.41) is 4.94. The van der Waals surface area contributed by atoms with Crippen LogP contribution in [0.4, 0.5) is 0 Å². The zero-order chi connectivity index (χ0) is 17.1. The topological polar surface area (TPSA) is 37.0 Å². The van der Waals surface area contributed by atoms with Crippen LogP contribution in [-0.4, -0.2) is 24.7 Å². The van der Waals surface area contributed by atoms with Gasteiger partial charge in [-0.05, 0) is 61.2 Å². The summed E-state index contributed by atoms with van der Waals surface area (Å²) in [5.41, 5.74) is 5.66. The van der Waals surface area contributed by atoms with Crippen molar-refractivity contribution in [3.05, 3.63) is 63.8 Å². The molecule has 1 aliphatic heterocycles. The number of nitrogens with one attached hydrogen (secondary N) is 2. The molecule has 0 atom stereocenters. The van der Waals surface area contributed by atoms with E-state index in [1.807, 2.05) is 24.3 Å². The number of benzene rings is 2. The molecular weight excluding hydrogens is 412 g/mol. The van der Waals surface area contributed by atoms with Gasteiger partial charge in [-0.2, -0.15) is 0 Å². The van der Waals surface area contributed by atoms with Crippen molar-refractivity contribution in [2.45, 2.75) is 25.7 Å². The largest absolute Gasteiger partial charge is 0.494 e. The van der Waals surface area contributed by atoms with Gasteiger partial charge in [0.2, 0.25) is 0 Å². The SMILES string of the molecule is Brc1cccc(OCCCc2cccc3[nH]c4c(c23)CCNCC4)c1.Cl. The smallest absolute Gasteiger partial charge is 0.120 e. The molecule has 0 amide bonds. The molecule has 0 saturated heterocycles. The van der Waals surface area contributed by atoms with Gasteiger partial charge in [0.25, 0.3) is 0 Å². The number of hydrogen-bond donors (Lipinski definition) is 2. The Bertz CT molecular complexity index is 878. The molecule has 0 bridgehead atoms. The highest BCUT2D eigenvalue weighted by molar-refractivity contribution is 9.10. The quantitative estimate of drug-likeness (QED) is 0.550. The third-order valence-electron chi connectivity index (χ3n) is 4.86. The van der Waals surface area contributed by atoms with E-state index in [9.17, 15) is 0 Å². The lowest BCUT2D eigenvalue weighted by atomic mass is 9.99. The summed E-state index contributed by atoms with van der Waals surface area (Å²) in [6.07, 6.45) is 4.27. The third kappa shape index (κ3) is 4.25. The maximum atomic E-state index is 5.89. The molecule has 1 aromatic heterocycles. The van der Waals surface area contributed by atoms with Gasteiger partial charge in [0.15, 0.2) is 0 Å². The van der Waals surface area contributed by atoms with Crippen LogP contribution in [0.1, 0.15) is 23.2 Å². The fourth-order valence-electron chi connectivity index (χ4n) is 3.71. The molecule has 2 aromatic carbocycles. The van der Waals surface area contributed by atoms with Crippen LogP contribution in [0.2, 0.25) is 0 Å². The molecule has 0 saturated carbocycles. The number of hydrogen-bond acceptors (Lipinski definition) is 2. The van der Waals surface area contributed by atoms with Gasteiger partial charge in [-0.3, -0.25) is 0 Å². The predicted molar refractivity (Wildman–Crippen MR) is 114 cm³/mol. The minimum Gasteiger partial charge on any atom is -0.494 e. The van der Waals surface area contributed by atoms with E-state index in [1.54, 1.807) is 0 Å². The minimum atomic E-state index is 0. The van der Waals surface area contributed by atoms with Crippen LogP contribution in [-0.2, 0) is 19.3 Å². The Labute approximate surface area is 169 Å². The number of aromatic nitrogens is 1. The average molecular weight is 436 g/mol. The fourth-order valence-corrected chi connectivity index (χ4v) is 4.09. The van der Waals surface area contributed by atoms with E-state index in [1.165, 1.54) is 27.7 Å². The van der Waals surface area contributed by atoms with E-state index in [0.717, 1.165) is 55.6 Å². The number of fused-ring (bicyclic) bond motifs is 3. The molecule has 2 N–H and O–H groups in total. The van der Waals surface area contributed by atoms with Crippen LogP contribution in [0.25, 0.3) is 10.9 Å². The molecule has 3 aromatic rings. The molecule has 1 aliphatic rings. The number of halogens is 2.